The molecule has 0 aromatic heterocycles. The Kier molecular flexibility index (Phi) is 6.90. The lowest BCUT2D eigenvalue weighted by Gasteiger charge is -2.07. The molecule has 1 aromatic rings. The maximum absolute atomic E-state index is 13.2. The quantitative estimate of drug-likeness (QED) is 0.759. The van der Waals surface area contributed by atoms with Gasteiger partial charge in [0.1, 0.15) is 5.82 Å². The highest BCUT2D eigenvalue weighted by molar-refractivity contribution is 9.10. The summed E-state index contributed by atoms with van der Waals surface area (Å²) < 4.78 is 13.7. The van der Waals surface area contributed by atoms with Gasteiger partial charge >= 0.3 is 0 Å². The van der Waals surface area contributed by atoms with E-state index in [0.29, 0.717) is 30.5 Å². The van der Waals surface area contributed by atoms with E-state index in [1.165, 1.54) is 6.07 Å². The van der Waals surface area contributed by atoms with Crippen LogP contribution in [0.25, 0.3) is 0 Å². The Hall–Kier alpha value is -0.940. The van der Waals surface area contributed by atoms with Crippen molar-refractivity contribution in [1.82, 2.24) is 10.6 Å². The molecule has 18 heavy (non-hydrogen) atoms. The van der Waals surface area contributed by atoms with Crippen molar-refractivity contribution in [2.75, 3.05) is 13.1 Å². The van der Waals surface area contributed by atoms with Crippen molar-refractivity contribution >= 4 is 21.8 Å². The number of rotatable bonds is 7. The number of benzene rings is 1. The summed E-state index contributed by atoms with van der Waals surface area (Å²) in [5.41, 5.74) is 0.851. The first-order chi connectivity index (χ1) is 8.65. The van der Waals surface area contributed by atoms with Gasteiger partial charge < -0.3 is 10.6 Å². The van der Waals surface area contributed by atoms with Crippen LogP contribution in [0.3, 0.4) is 0 Å². The van der Waals surface area contributed by atoms with Crippen LogP contribution in [0.5, 0.6) is 0 Å². The van der Waals surface area contributed by atoms with Gasteiger partial charge in [-0.2, -0.15) is 0 Å². The third-order valence-corrected chi connectivity index (χ3v) is 3.34. The van der Waals surface area contributed by atoms with E-state index in [0.717, 1.165) is 12.0 Å². The molecule has 0 heterocycles. The summed E-state index contributed by atoms with van der Waals surface area (Å²) in [6.07, 6.45) is 1.38. The monoisotopic (exact) mass is 316 g/mol. The minimum atomic E-state index is -0.269. The van der Waals surface area contributed by atoms with Crippen molar-refractivity contribution < 1.29 is 9.18 Å². The second-order valence-corrected chi connectivity index (χ2v) is 4.78. The van der Waals surface area contributed by atoms with Gasteiger partial charge in [-0.15, -0.1) is 0 Å². The summed E-state index contributed by atoms with van der Waals surface area (Å²) in [5, 5.41) is 5.92. The van der Waals surface area contributed by atoms with Gasteiger partial charge in [0.05, 0.1) is 4.47 Å². The second kappa shape index (κ2) is 8.21. The molecule has 0 saturated heterocycles. The SMILES string of the molecule is CCCNC(=O)CCNCc1cccc(F)c1Br. The molecule has 1 rings (SSSR count). The Morgan fingerprint density at radius 3 is 2.89 bits per heavy atom. The number of hydrogen-bond acceptors (Lipinski definition) is 2. The van der Waals surface area contributed by atoms with Crippen molar-refractivity contribution in [3.05, 3.63) is 34.1 Å². The topological polar surface area (TPSA) is 41.1 Å². The zero-order valence-electron chi connectivity index (χ0n) is 10.4. The molecule has 0 spiro atoms. The van der Waals surface area contributed by atoms with Gasteiger partial charge in [-0.25, -0.2) is 4.39 Å². The van der Waals surface area contributed by atoms with E-state index in [1.54, 1.807) is 6.07 Å². The number of halogens is 2. The minimum absolute atomic E-state index is 0.0441. The van der Waals surface area contributed by atoms with Crippen LogP contribution in [0.4, 0.5) is 4.39 Å². The van der Waals surface area contributed by atoms with Crippen molar-refractivity contribution in [2.24, 2.45) is 0 Å². The zero-order valence-corrected chi connectivity index (χ0v) is 12.0. The van der Waals surface area contributed by atoms with Crippen LogP contribution in [0.1, 0.15) is 25.3 Å². The molecule has 2 N–H and O–H groups in total. The Labute approximate surface area is 115 Å². The first kappa shape index (κ1) is 15.1. The van der Waals surface area contributed by atoms with Crippen LogP contribution in [0.2, 0.25) is 0 Å². The highest BCUT2D eigenvalue weighted by atomic mass is 79.9. The summed E-state index contributed by atoms with van der Waals surface area (Å²) in [5.74, 6) is -0.224. The Bertz CT molecular complexity index is 399. The molecular weight excluding hydrogens is 299 g/mol. The molecule has 5 heteroatoms. The summed E-state index contributed by atoms with van der Waals surface area (Å²) >= 11 is 3.20. The van der Waals surface area contributed by atoms with E-state index in [1.807, 2.05) is 13.0 Å². The highest BCUT2D eigenvalue weighted by Gasteiger charge is 2.05. The fourth-order valence-electron chi connectivity index (χ4n) is 1.46. The summed E-state index contributed by atoms with van der Waals surface area (Å²) in [4.78, 5) is 11.3. The first-order valence-electron chi connectivity index (χ1n) is 6.05. The summed E-state index contributed by atoms with van der Waals surface area (Å²) in [7, 11) is 0. The molecule has 100 valence electrons. The number of amides is 1. The smallest absolute Gasteiger partial charge is 0.221 e. The van der Waals surface area contributed by atoms with Gasteiger partial charge in [0.2, 0.25) is 5.91 Å². The molecule has 1 amide bonds. The molecule has 0 aliphatic carbocycles. The molecule has 0 atom stereocenters. The van der Waals surface area contributed by atoms with E-state index in [2.05, 4.69) is 26.6 Å². The zero-order chi connectivity index (χ0) is 13.4. The van der Waals surface area contributed by atoms with Gasteiger partial charge in [-0.05, 0) is 34.0 Å². The average Bonchev–Trinajstić information content (AvgIpc) is 2.37. The highest BCUT2D eigenvalue weighted by Crippen LogP contribution is 2.19. The van der Waals surface area contributed by atoms with Gasteiger partial charge in [0, 0.05) is 26.1 Å². The maximum Gasteiger partial charge on any atom is 0.221 e. The average molecular weight is 317 g/mol. The molecule has 0 aliphatic rings. The third-order valence-electron chi connectivity index (χ3n) is 2.45. The molecule has 0 radical (unpaired) electrons. The molecule has 0 bridgehead atoms. The van der Waals surface area contributed by atoms with Crippen LogP contribution < -0.4 is 10.6 Å². The maximum atomic E-state index is 13.2. The number of hydrogen-bond donors (Lipinski definition) is 2. The van der Waals surface area contributed by atoms with Gasteiger partial charge in [-0.1, -0.05) is 19.1 Å². The Morgan fingerprint density at radius 1 is 1.39 bits per heavy atom. The minimum Gasteiger partial charge on any atom is -0.356 e. The molecule has 0 fully saturated rings. The lowest BCUT2D eigenvalue weighted by atomic mass is 10.2. The predicted molar refractivity (Wildman–Crippen MR) is 73.7 cm³/mol. The summed E-state index contributed by atoms with van der Waals surface area (Å²) in [6.45, 7) is 3.85. The third kappa shape index (κ3) is 5.14. The molecule has 0 unspecified atom stereocenters. The molecule has 3 nitrogen and oxygen atoms in total. The fraction of sp³-hybridized carbons (Fsp3) is 0.462. The lowest BCUT2D eigenvalue weighted by molar-refractivity contribution is -0.120. The normalized spacial score (nSPS) is 10.4. The van der Waals surface area contributed by atoms with Crippen molar-refractivity contribution in [3.8, 4) is 0 Å². The van der Waals surface area contributed by atoms with Crippen LogP contribution in [0.15, 0.2) is 22.7 Å². The van der Waals surface area contributed by atoms with E-state index in [4.69, 9.17) is 0 Å². The number of nitrogens with one attached hydrogen (secondary N) is 2. The van der Waals surface area contributed by atoms with E-state index in [-0.39, 0.29) is 11.7 Å². The molecule has 0 aliphatic heterocycles. The first-order valence-corrected chi connectivity index (χ1v) is 6.84. The van der Waals surface area contributed by atoms with Crippen LogP contribution in [-0.4, -0.2) is 19.0 Å². The van der Waals surface area contributed by atoms with Crippen molar-refractivity contribution in [2.45, 2.75) is 26.3 Å². The lowest BCUT2D eigenvalue weighted by Crippen LogP contribution is -2.28. The van der Waals surface area contributed by atoms with Gasteiger partial charge in [0.15, 0.2) is 0 Å². The molecule has 1 aromatic carbocycles. The largest absolute Gasteiger partial charge is 0.356 e. The van der Waals surface area contributed by atoms with E-state index in [9.17, 15) is 9.18 Å². The van der Waals surface area contributed by atoms with E-state index >= 15 is 0 Å². The Morgan fingerprint density at radius 2 is 2.17 bits per heavy atom. The standard InChI is InChI=1S/C13H18BrFN2O/c1-2-7-17-12(18)6-8-16-9-10-4-3-5-11(15)13(10)14/h3-5,16H,2,6-9H2,1H3,(H,17,18). The van der Waals surface area contributed by atoms with Gasteiger partial charge in [-0.3, -0.25) is 4.79 Å². The fourth-order valence-corrected chi connectivity index (χ4v) is 1.87. The van der Waals surface area contributed by atoms with Crippen molar-refractivity contribution in [1.29, 1.82) is 0 Å². The molecular formula is C13H18BrFN2O. The van der Waals surface area contributed by atoms with Gasteiger partial charge in [0.25, 0.3) is 0 Å². The van der Waals surface area contributed by atoms with Crippen molar-refractivity contribution in [3.63, 3.8) is 0 Å². The molecule has 0 saturated carbocycles. The van der Waals surface area contributed by atoms with Crippen LogP contribution in [0, 0.1) is 5.82 Å². The number of carbonyl (C=O) groups excluding carboxylic acids is 1. The number of carbonyl (C=O) groups is 1. The predicted octanol–water partition coefficient (Wildman–Crippen LogP) is 2.59. The van der Waals surface area contributed by atoms with E-state index < -0.39 is 0 Å². The van der Waals surface area contributed by atoms with Crippen LogP contribution in [-0.2, 0) is 11.3 Å². The Balaban J connectivity index is 2.25. The summed E-state index contributed by atoms with van der Waals surface area (Å²) in [6, 6.07) is 4.92. The second-order valence-electron chi connectivity index (χ2n) is 3.99. The van der Waals surface area contributed by atoms with Crippen LogP contribution >= 0.6 is 15.9 Å².